The molecular formula is C21H26N6O3. The van der Waals surface area contributed by atoms with Crippen LogP contribution in [0.5, 0.6) is 11.5 Å². The summed E-state index contributed by atoms with van der Waals surface area (Å²) in [5, 5.41) is 2.95. The lowest BCUT2D eigenvalue weighted by molar-refractivity contribution is 0.174. The third-order valence-electron chi connectivity index (χ3n) is 5.78. The zero-order chi connectivity index (χ0) is 20.3. The molecule has 0 bridgehead atoms. The number of hydrogen-bond acceptors (Lipinski definition) is 7. The summed E-state index contributed by atoms with van der Waals surface area (Å²) in [6.07, 6.45) is 5.52. The third kappa shape index (κ3) is 3.92. The second-order valence-corrected chi connectivity index (χ2v) is 7.73. The second-order valence-electron chi connectivity index (χ2n) is 7.73. The number of carbonyl (C=O) groups is 1. The van der Waals surface area contributed by atoms with Crippen molar-refractivity contribution in [3.05, 3.63) is 30.5 Å². The lowest BCUT2D eigenvalue weighted by atomic mass is 10.1. The van der Waals surface area contributed by atoms with Gasteiger partial charge in [0.05, 0.1) is 0 Å². The third-order valence-corrected chi connectivity index (χ3v) is 5.78. The van der Waals surface area contributed by atoms with E-state index in [2.05, 4.69) is 20.1 Å². The summed E-state index contributed by atoms with van der Waals surface area (Å²) < 4.78 is 10.7. The number of hydrogen-bond donors (Lipinski definition) is 1. The van der Waals surface area contributed by atoms with E-state index in [1.165, 1.54) is 19.3 Å². The lowest BCUT2D eigenvalue weighted by Gasteiger charge is -2.35. The van der Waals surface area contributed by atoms with Crippen LogP contribution >= 0.6 is 0 Å². The molecule has 1 N–H and O–H groups in total. The first-order valence-corrected chi connectivity index (χ1v) is 10.5. The number of amides is 2. The maximum Gasteiger partial charge on any atom is 0.321 e. The van der Waals surface area contributed by atoms with Gasteiger partial charge in [0.2, 0.25) is 12.7 Å². The van der Waals surface area contributed by atoms with Crippen molar-refractivity contribution >= 4 is 23.5 Å². The number of fused-ring (bicyclic) bond motifs is 1. The summed E-state index contributed by atoms with van der Waals surface area (Å²) in [4.78, 5) is 28.2. The van der Waals surface area contributed by atoms with Gasteiger partial charge in [-0.15, -0.1) is 0 Å². The quantitative estimate of drug-likeness (QED) is 0.833. The molecule has 9 nitrogen and oxygen atoms in total. The van der Waals surface area contributed by atoms with E-state index >= 15 is 0 Å². The SMILES string of the molecule is O=C(Nc1ccc2c(c1)OCO2)N1CCN(c2ccnc(N3CCCCC3)n2)CC1. The average Bonchev–Trinajstić information content (AvgIpc) is 3.28. The van der Waals surface area contributed by atoms with E-state index in [1.807, 2.05) is 29.3 Å². The smallest absolute Gasteiger partial charge is 0.321 e. The van der Waals surface area contributed by atoms with Gasteiger partial charge in [-0.2, -0.15) is 4.98 Å². The zero-order valence-electron chi connectivity index (χ0n) is 16.9. The first-order chi connectivity index (χ1) is 14.8. The Labute approximate surface area is 175 Å². The molecule has 0 atom stereocenters. The van der Waals surface area contributed by atoms with Gasteiger partial charge in [0, 0.05) is 57.2 Å². The lowest BCUT2D eigenvalue weighted by Crippen LogP contribution is -2.50. The standard InChI is InChI=1S/C21H26N6O3/c28-21(23-16-4-5-17-18(14-16)30-15-29-17)27-12-10-25(11-13-27)19-6-7-22-20(24-19)26-8-2-1-3-9-26/h4-7,14H,1-3,8-13,15H2,(H,23,28). The highest BCUT2D eigenvalue weighted by atomic mass is 16.7. The van der Waals surface area contributed by atoms with Gasteiger partial charge in [-0.1, -0.05) is 0 Å². The number of benzene rings is 1. The van der Waals surface area contributed by atoms with Crippen molar-refractivity contribution in [1.29, 1.82) is 0 Å². The van der Waals surface area contributed by atoms with Gasteiger partial charge in [-0.25, -0.2) is 9.78 Å². The minimum absolute atomic E-state index is 0.106. The zero-order valence-corrected chi connectivity index (χ0v) is 16.9. The number of nitrogens with one attached hydrogen (secondary N) is 1. The molecule has 1 aromatic heterocycles. The number of piperazine rings is 1. The Morgan fingerprint density at radius 1 is 0.900 bits per heavy atom. The van der Waals surface area contributed by atoms with Crippen LogP contribution < -0.4 is 24.6 Å². The molecule has 2 saturated heterocycles. The van der Waals surface area contributed by atoms with Crippen LogP contribution in [0.15, 0.2) is 30.5 Å². The second kappa shape index (κ2) is 8.25. The summed E-state index contributed by atoms with van der Waals surface area (Å²) >= 11 is 0. The van der Waals surface area contributed by atoms with Gasteiger partial charge in [0.25, 0.3) is 0 Å². The van der Waals surface area contributed by atoms with E-state index in [0.717, 1.165) is 37.9 Å². The Kier molecular flexibility index (Phi) is 5.17. The fraction of sp³-hybridized carbons (Fsp3) is 0.476. The summed E-state index contributed by atoms with van der Waals surface area (Å²) in [5.74, 6) is 3.11. The maximum atomic E-state index is 12.7. The monoisotopic (exact) mass is 410 g/mol. The van der Waals surface area contributed by atoms with Crippen LogP contribution in [0.25, 0.3) is 0 Å². The molecule has 3 aliphatic rings. The van der Waals surface area contributed by atoms with Crippen LogP contribution in [-0.2, 0) is 0 Å². The van der Waals surface area contributed by atoms with E-state index in [0.29, 0.717) is 30.3 Å². The van der Waals surface area contributed by atoms with Gasteiger partial charge in [0.1, 0.15) is 5.82 Å². The van der Waals surface area contributed by atoms with Crippen LogP contribution in [0.4, 0.5) is 22.2 Å². The van der Waals surface area contributed by atoms with E-state index < -0.39 is 0 Å². The normalized spacial score (nSPS) is 18.5. The van der Waals surface area contributed by atoms with Crippen molar-refractivity contribution in [2.75, 3.05) is 61.2 Å². The van der Waals surface area contributed by atoms with Gasteiger partial charge in [-0.3, -0.25) is 0 Å². The number of rotatable bonds is 3. The molecule has 4 heterocycles. The van der Waals surface area contributed by atoms with E-state index in [4.69, 9.17) is 14.5 Å². The highest BCUT2D eigenvalue weighted by molar-refractivity contribution is 5.90. The first-order valence-electron chi connectivity index (χ1n) is 10.5. The number of carbonyl (C=O) groups excluding carboxylic acids is 1. The van der Waals surface area contributed by atoms with Crippen molar-refractivity contribution in [2.24, 2.45) is 0 Å². The maximum absolute atomic E-state index is 12.7. The Hall–Kier alpha value is -3.23. The predicted molar refractivity (Wildman–Crippen MR) is 113 cm³/mol. The van der Waals surface area contributed by atoms with Gasteiger partial charge < -0.3 is 29.5 Å². The summed E-state index contributed by atoms with van der Waals surface area (Å²) in [6, 6.07) is 7.27. The van der Waals surface area contributed by atoms with Crippen molar-refractivity contribution in [1.82, 2.24) is 14.9 Å². The largest absolute Gasteiger partial charge is 0.454 e. The predicted octanol–water partition coefficient (Wildman–Crippen LogP) is 2.55. The van der Waals surface area contributed by atoms with Crippen molar-refractivity contribution in [2.45, 2.75) is 19.3 Å². The molecule has 5 rings (SSSR count). The highest BCUT2D eigenvalue weighted by Crippen LogP contribution is 2.34. The Balaban J connectivity index is 1.17. The van der Waals surface area contributed by atoms with E-state index in [9.17, 15) is 4.79 Å². The Morgan fingerprint density at radius 3 is 2.53 bits per heavy atom. The number of aromatic nitrogens is 2. The molecular weight excluding hydrogens is 384 g/mol. The van der Waals surface area contributed by atoms with Crippen molar-refractivity contribution < 1.29 is 14.3 Å². The number of anilines is 3. The number of ether oxygens (including phenoxy) is 2. The molecule has 9 heteroatoms. The molecule has 2 aromatic rings. The number of piperidine rings is 1. The van der Waals surface area contributed by atoms with E-state index in [-0.39, 0.29) is 12.8 Å². The van der Waals surface area contributed by atoms with Gasteiger partial charge in [0.15, 0.2) is 11.5 Å². The minimum atomic E-state index is -0.106. The van der Waals surface area contributed by atoms with Crippen LogP contribution in [-0.4, -0.2) is 67.0 Å². The highest BCUT2D eigenvalue weighted by Gasteiger charge is 2.24. The molecule has 0 aliphatic carbocycles. The summed E-state index contributed by atoms with van der Waals surface area (Å²) in [5.41, 5.74) is 0.702. The molecule has 0 radical (unpaired) electrons. The molecule has 3 aliphatic heterocycles. The van der Waals surface area contributed by atoms with Crippen molar-refractivity contribution in [3.63, 3.8) is 0 Å². The fourth-order valence-electron chi connectivity index (χ4n) is 4.08. The van der Waals surface area contributed by atoms with Gasteiger partial charge >= 0.3 is 6.03 Å². The van der Waals surface area contributed by atoms with Crippen molar-refractivity contribution in [3.8, 4) is 11.5 Å². The molecule has 1 aromatic carbocycles. The Morgan fingerprint density at radius 2 is 1.70 bits per heavy atom. The van der Waals surface area contributed by atoms with Crippen LogP contribution in [0.2, 0.25) is 0 Å². The first kappa shape index (κ1) is 18.8. The van der Waals surface area contributed by atoms with Crippen LogP contribution in [0.3, 0.4) is 0 Å². The van der Waals surface area contributed by atoms with Gasteiger partial charge in [-0.05, 0) is 37.5 Å². The molecule has 30 heavy (non-hydrogen) atoms. The Bertz CT molecular complexity index is 909. The molecule has 0 spiro atoms. The molecule has 2 fully saturated rings. The van der Waals surface area contributed by atoms with E-state index in [1.54, 1.807) is 6.07 Å². The number of urea groups is 1. The average molecular weight is 410 g/mol. The summed E-state index contributed by atoms with van der Waals surface area (Å²) in [6.45, 7) is 5.03. The molecule has 0 saturated carbocycles. The molecule has 2 amide bonds. The molecule has 158 valence electrons. The van der Waals surface area contributed by atoms with Crippen LogP contribution in [0, 0.1) is 0 Å². The number of nitrogens with zero attached hydrogens (tertiary/aromatic N) is 5. The molecule has 0 unspecified atom stereocenters. The fourth-order valence-corrected chi connectivity index (χ4v) is 4.08. The van der Waals surface area contributed by atoms with Crippen LogP contribution in [0.1, 0.15) is 19.3 Å². The summed E-state index contributed by atoms with van der Waals surface area (Å²) in [7, 11) is 0. The minimum Gasteiger partial charge on any atom is -0.454 e. The topological polar surface area (TPSA) is 83.1 Å².